The molecule has 0 aliphatic carbocycles. The zero-order valence-corrected chi connectivity index (χ0v) is 11.0. The fourth-order valence-electron chi connectivity index (χ4n) is 2.71. The van der Waals surface area contributed by atoms with E-state index >= 15 is 0 Å². The number of rotatable bonds is 5. The summed E-state index contributed by atoms with van der Waals surface area (Å²) in [6, 6.07) is 6.96. The van der Waals surface area contributed by atoms with Gasteiger partial charge in [-0.1, -0.05) is 38.3 Å². The Morgan fingerprint density at radius 1 is 1.35 bits per heavy atom. The maximum Gasteiger partial charge on any atom is 0.122 e. The lowest BCUT2D eigenvalue weighted by Crippen LogP contribution is -2.30. The van der Waals surface area contributed by atoms with Crippen LogP contribution in [0.4, 0.5) is 0 Å². The lowest BCUT2D eigenvalue weighted by atomic mass is 9.90. The highest BCUT2D eigenvalue weighted by Crippen LogP contribution is 2.32. The number of nitrogens with one attached hydrogen (secondary N) is 1. The van der Waals surface area contributed by atoms with Crippen molar-refractivity contribution in [3.63, 3.8) is 0 Å². The lowest BCUT2D eigenvalue weighted by molar-refractivity contribution is 0.395. The summed E-state index contributed by atoms with van der Waals surface area (Å²) in [6.45, 7) is 3.33. The van der Waals surface area contributed by atoms with Crippen molar-refractivity contribution in [2.45, 2.75) is 45.1 Å². The van der Waals surface area contributed by atoms with Crippen molar-refractivity contribution in [3.05, 3.63) is 29.3 Å². The van der Waals surface area contributed by atoms with E-state index in [9.17, 15) is 0 Å². The van der Waals surface area contributed by atoms with E-state index in [1.165, 1.54) is 36.8 Å². The van der Waals surface area contributed by atoms with Crippen molar-refractivity contribution in [2.24, 2.45) is 0 Å². The van der Waals surface area contributed by atoms with Crippen molar-refractivity contribution >= 4 is 0 Å². The largest absolute Gasteiger partial charge is 0.496 e. The summed E-state index contributed by atoms with van der Waals surface area (Å²) >= 11 is 0. The first kappa shape index (κ1) is 12.4. The maximum absolute atomic E-state index is 5.46. The molecular formula is C15H23NO. The van der Waals surface area contributed by atoms with Crippen molar-refractivity contribution in [1.29, 1.82) is 0 Å². The van der Waals surface area contributed by atoms with Crippen molar-refractivity contribution in [3.8, 4) is 5.75 Å². The van der Waals surface area contributed by atoms with Gasteiger partial charge in [0.1, 0.15) is 5.75 Å². The Morgan fingerprint density at radius 3 is 3.00 bits per heavy atom. The first-order chi connectivity index (χ1) is 8.36. The van der Waals surface area contributed by atoms with Crippen LogP contribution in [0.5, 0.6) is 5.75 Å². The van der Waals surface area contributed by atoms with Crippen molar-refractivity contribution < 1.29 is 4.74 Å². The number of fused-ring (bicyclic) bond motifs is 1. The highest BCUT2D eigenvalue weighted by molar-refractivity contribution is 5.43. The Morgan fingerprint density at radius 2 is 2.24 bits per heavy atom. The predicted octanol–water partition coefficient (Wildman–Crippen LogP) is 3.46. The van der Waals surface area contributed by atoms with Crippen LogP contribution in [0.3, 0.4) is 0 Å². The molecule has 1 aromatic carbocycles. The van der Waals surface area contributed by atoms with Gasteiger partial charge in [0.15, 0.2) is 0 Å². The number of unbranched alkanes of at least 4 members (excludes halogenated alkanes) is 2. The van der Waals surface area contributed by atoms with Crippen LogP contribution in [-0.2, 0) is 6.42 Å². The minimum atomic E-state index is 0.528. The average Bonchev–Trinajstić information content (AvgIpc) is 2.38. The summed E-state index contributed by atoms with van der Waals surface area (Å²) in [5.74, 6) is 1.06. The zero-order chi connectivity index (χ0) is 12.1. The van der Waals surface area contributed by atoms with Crippen LogP contribution in [0.2, 0.25) is 0 Å². The lowest BCUT2D eigenvalue weighted by Gasteiger charge is -2.28. The molecule has 2 heteroatoms. The van der Waals surface area contributed by atoms with Gasteiger partial charge < -0.3 is 10.1 Å². The molecule has 94 valence electrons. The normalized spacial score (nSPS) is 18.8. The Bertz CT molecular complexity index is 362. The quantitative estimate of drug-likeness (QED) is 0.786. The predicted molar refractivity (Wildman–Crippen MR) is 71.6 cm³/mol. The Hall–Kier alpha value is -1.02. The third-order valence-corrected chi connectivity index (χ3v) is 3.63. The fraction of sp³-hybridized carbons (Fsp3) is 0.600. The standard InChI is InChI=1S/C15H23NO/c1-3-4-5-8-14-12-7-6-9-15(17-2)13(12)10-11-16-14/h6-7,9,14,16H,3-5,8,10-11H2,1-2H3. The van der Waals surface area contributed by atoms with E-state index in [4.69, 9.17) is 4.74 Å². The first-order valence-corrected chi connectivity index (χ1v) is 6.76. The topological polar surface area (TPSA) is 21.3 Å². The third-order valence-electron chi connectivity index (χ3n) is 3.63. The van der Waals surface area contributed by atoms with E-state index in [2.05, 4.69) is 30.4 Å². The minimum Gasteiger partial charge on any atom is -0.496 e. The fourth-order valence-corrected chi connectivity index (χ4v) is 2.71. The summed E-state index contributed by atoms with van der Waals surface area (Å²) < 4.78 is 5.46. The van der Waals surface area contributed by atoms with E-state index < -0.39 is 0 Å². The van der Waals surface area contributed by atoms with Gasteiger partial charge in [0, 0.05) is 11.6 Å². The molecule has 1 aliphatic rings. The van der Waals surface area contributed by atoms with Crippen LogP contribution in [0.25, 0.3) is 0 Å². The zero-order valence-electron chi connectivity index (χ0n) is 11.0. The van der Waals surface area contributed by atoms with Crippen LogP contribution in [-0.4, -0.2) is 13.7 Å². The van der Waals surface area contributed by atoms with Crippen LogP contribution in [0.15, 0.2) is 18.2 Å². The molecule has 0 amide bonds. The summed E-state index contributed by atoms with van der Waals surface area (Å²) in [5.41, 5.74) is 2.86. The summed E-state index contributed by atoms with van der Waals surface area (Å²) in [4.78, 5) is 0. The summed E-state index contributed by atoms with van der Waals surface area (Å²) in [7, 11) is 1.77. The molecule has 1 aromatic rings. The van der Waals surface area contributed by atoms with Crippen LogP contribution < -0.4 is 10.1 Å². The highest BCUT2D eigenvalue weighted by atomic mass is 16.5. The van der Waals surface area contributed by atoms with Gasteiger partial charge in [-0.15, -0.1) is 0 Å². The molecule has 1 aliphatic heterocycles. The number of hydrogen-bond acceptors (Lipinski definition) is 2. The van der Waals surface area contributed by atoms with Crippen molar-refractivity contribution in [2.75, 3.05) is 13.7 Å². The molecule has 2 rings (SSSR count). The molecule has 0 radical (unpaired) electrons. The maximum atomic E-state index is 5.46. The molecule has 0 saturated carbocycles. The number of ether oxygens (including phenoxy) is 1. The average molecular weight is 233 g/mol. The Kier molecular flexibility index (Phi) is 4.43. The number of benzene rings is 1. The molecule has 1 N–H and O–H groups in total. The van der Waals surface area contributed by atoms with Gasteiger partial charge in [0.05, 0.1) is 7.11 Å². The van der Waals surface area contributed by atoms with Gasteiger partial charge in [-0.2, -0.15) is 0 Å². The second-order valence-electron chi connectivity index (χ2n) is 4.78. The van der Waals surface area contributed by atoms with E-state index in [0.29, 0.717) is 6.04 Å². The van der Waals surface area contributed by atoms with Crippen LogP contribution in [0, 0.1) is 0 Å². The molecular weight excluding hydrogens is 210 g/mol. The molecule has 0 spiro atoms. The number of hydrogen-bond donors (Lipinski definition) is 1. The molecule has 0 bridgehead atoms. The molecule has 0 saturated heterocycles. The van der Waals surface area contributed by atoms with E-state index in [1.54, 1.807) is 7.11 Å². The molecule has 1 atom stereocenters. The van der Waals surface area contributed by atoms with Crippen molar-refractivity contribution in [1.82, 2.24) is 5.32 Å². The second-order valence-corrected chi connectivity index (χ2v) is 4.78. The van der Waals surface area contributed by atoms with E-state index in [-0.39, 0.29) is 0 Å². The van der Waals surface area contributed by atoms with Gasteiger partial charge in [-0.3, -0.25) is 0 Å². The SMILES string of the molecule is CCCCCC1NCCc2c(OC)cccc21. The van der Waals surface area contributed by atoms with Gasteiger partial charge in [0.2, 0.25) is 0 Å². The molecule has 2 nitrogen and oxygen atoms in total. The Balaban J connectivity index is 2.13. The first-order valence-electron chi connectivity index (χ1n) is 6.76. The van der Waals surface area contributed by atoms with Gasteiger partial charge >= 0.3 is 0 Å². The van der Waals surface area contributed by atoms with E-state index in [1.807, 2.05) is 0 Å². The van der Waals surface area contributed by atoms with E-state index in [0.717, 1.165) is 18.7 Å². The monoisotopic (exact) mass is 233 g/mol. The molecule has 17 heavy (non-hydrogen) atoms. The molecule has 1 unspecified atom stereocenters. The van der Waals surface area contributed by atoms with Crippen LogP contribution >= 0.6 is 0 Å². The smallest absolute Gasteiger partial charge is 0.122 e. The summed E-state index contributed by atoms with van der Waals surface area (Å²) in [5, 5.41) is 3.63. The minimum absolute atomic E-state index is 0.528. The second kappa shape index (κ2) is 6.06. The van der Waals surface area contributed by atoms with Gasteiger partial charge in [-0.05, 0) is 31.0 Å². The highest BCUT2D eigenvalue weighted by Gasteiger charge is 2.21. The van der Waals surface area contributed by atoms with Gasteiger partial charge in [0.25, 0.3) is 0 Å². The molecule has 1 heterocycles. The Labute approximate surface area is 104 Å². The number of methoxy groups -OCH3 is 1. The molecule has 0 aromatic heterocycles. The van der Waals surface area contributed by atoms with Crippen LogP contribution in [0.1, 0.15) is 49.8 Å². The third kappa shape index (κ3) is 2.81. The van der Waals surface area contributed by atoms with Gasteiger partial charge in [-0.25, -0.2) is 0 Å². The molecule has 0 fully saturated rings. The summed E-state index contributed by atoms with van der Waals surface area (Å²) in [6.07, 6.45) is 6.26.